The number of methoxy groups -OCH3 is 1. The molecule has 0 saturated heterocycles. The van der Waals surface area contributed by atoms with E-state index in [-0.39, 0.29) is 0 Å². The van der Waals surface area contributed by atoms with Crippen LogP contribution in [-0.2, 0) is 9.53 Å². The number of rotatable bonds is 4. The molecule has 0 atom stereocenters. The lowest BCUT2D eigenvalue weighted by atomic mass is 10.2. The highest BCUT2D eigenvalue weighted by Gasteiger charge is 2.06. The summed E-state index contributed by atoms with van der Waals surface area (Å²) in [6.45, 7) is 2.36. The summed E-state index contributed by atoms with van der Waals surface area (Å²) in [6.07, 6.45) is 2.81. The Morgan fingerprint density at radius 1 is 1.35 bits per heavy atom. The molecule has 0 fully saturated rings. The Hall–Kier alpha value is -1.19. The lowest BCUT2D eigenvalue weighted by Gasteiger charge is -2.07. The molecular formula is C12H12Cl2O3. The maximum Gasteiger partial charge on any atom is 0.330 e. The third-order valence-corrected chi connectivity index (χ3v) is 2.57. The Morgan fingerprint density at radius 3 is 2.65 bits per heavy atom. The van der Waals surface area contributed by atoms with Crippen molar-refractivity contribution in [2.75, 3.05) is 13.7 Å². The van der Waals surface area contributed by atoms with Crippen LogP contribution in [0.4, 0.5) is 0 Å². The van der Waals surface area contributed by atoms with E-state index in [0.717, 1.165) is 0 Å². The minimum atomic E-state index is -0.453. The molecule has 0 radical (unpaired) electrons. The monoisotopic (exact) mass is 274 g/mol. The van der Waals surface area contributed by atoms with Gasteiger partial charge in [-0.2, -0.15) is 0 Å². The summed E-state index contributed by atoms with van der Waals surface area (Å²) in [7, 11) is 1.31. The van der Waals surface area contributed by atoms with Gasteiger partial charge in [0.05, 0.1) is 23.8 Å². The van der Waals surface area contributed by atoms with Gasteiger partial charge in [-0.1, -0.05) is 23.2 Å². The minimum Gasteiger partial charge on any atom is -0.492 e. The van der Waals surface area contributed by atoms with E-state index in [4.69, 9.17) is 27.9 Å². The van der Waals surface area contributed by atoms with E-state index in [1.54, 1.807) is 12.1 Å². The van der Waals surface area contributed by atoms with Crippen molar-refractivity contribution in [2.24, 2.45) is 0 Å². The smallest absolute Gasteiger partial charge is 0.330 e. The van der Waals surface area contributed by atoms with E-state index in [9.17, 15) is 4.79 Å². The molecule has 0 heterocycles. The Kier molecular flexibility index (Phi) is 5.32. The van der Waals surface area contributed by atoms with Gasteiger partial charge in [0.2, 0.25) is 0 Å². The van der Waals surface area contributed by atoms with Gasteiger partial charge in [0, 0.05) is 12.1 Å². The van der Waals surface area contributed by atoms with Crippen LogP contribution in [0, 0.1) is 0 Å². The van der Waals surface area contributed by atoms with Gasteiger partial charge in [0.25, 0.3) is 0 Å². The average molecular weight is 275 g/mol. The highest BCUT2D eigenvalue weighted by molar-refractivity contribution is 6.35. The maximum absolute atomic E-state index is 10.9. The van der Waals surface area contributed by atoms with Crippen LogP contribution in [-0.4, -0.2) is 19.7 Å². The topological polar surface area (TPSA) is 35.5 Å². The summed E-state index contributed by atoms with van der Waals surface area (Å²) in [4.78, 5) is 10.9. The zero-order valence-electron chi connectivity index (χ0n) is 9.50. The molecule has 0 spiro atoms. The second kappa shape index (κ2) is 6.52. The first-order chi connectivity index (χ1) is 8.08. The zero-order chi connectivity index (χ0) is 12.8. The summed E-state index contributed by atoms with van der Waals surface area (Å²) < 4.78 is 9.76. The highest BCUT2D eigenvalue weighted by Crippen LogP contribution is 2.31. The van der Waals surface area contributed by atoms with E-state index < -0.39 is 5.97 Å². The number of carbonyl (C=O) groups excluding carboxylic acids is 1. The van der Waals surface area contributed by atoms with Crippen molar-refractivity contribution in [3.05, 3.63) is 33.8 Å². The first-order valence-electron chi connectivity index (χ1n) is 4.96. The molecule has 0 bridgehead atoms. The SMILES string of the molecule is CCOc1cc(Cl)c(/C=C/C(=O)OC)cc1Cl. The molecule has 0 unspecified atom stereocenters. The van der Waals surface area contributed by atoms with Crippen LogP contribution in [0.5, 0.6) is 5.75 Å². The van der Waals surface area contributed by atoms with Gasteiger partial charge in [-0.3, -0.25) is 0 Å². The van der Waals surface area contributed by atoms with E-state index in [1.165, 1.54) is 19.3 Å². The minimum absolute atomic E-state index is 0.445. The van der Waals surface area contributed by atoms with Crippen LogP contribution in [0.15, 0.2) is 18.2 Å². The first kappa shape index (κ1) is 13.9. The molecule has 5 heteroatoms. The number of halogens is 2. The molecule has 1 aromatic rings. The summed E-state index contributed by atoms with van der Waals surface area (Å²) in [5.41, 5.74) is 0.630. The molecule has 0 aliphatic heterocycles. The van der Waals surface area contributed by atoms with Crippen molar-refractivity contribution in [3.8, 4) is 5.75 Å². The number of benzene rings is 1. The van der Waals surface area contributed by atoms with Gasteiger partial charge in [0.15, 0.2) is 0 Å². The summed E-state index contributed by atoms with van der Waals surface area (Å²) in [5.74, 6) is 0.0699. The molecule has 3 nitrogen and oxygen atoms in total. The third-order valence-electron chi connectivity index (χ3n) is 1.95. The predicted molar refractivity (Wildman–Crippen MR) is 68.7 cm³/mol. The first-order valence-corrected chi connectivity index (χ1v) is 5.72. The van der Waals surface area contributed by atoms with Gasteiger partial charge < -0.3 is 9.47 Å². The van der Waals surface area contributed by atoms with Crippen molar-refractivity contribution < 1.29 is 14.3 Å². The number of hydrogen-bond acceptors (Lipinski definition) is 3. The maximum atomic E-state index is 10.9. The Balaban J connectivity index is 2.99. The number of hydrogen-bond donors (Lipinski definition) is 0. The normalized spacial score (nSPS) is 10.6. The molecule has 17 heavy (non-hydrogen) atoms. The molecule has 0 amide bonds. The van der Waals surface area contributed by atoms with Gasteiger partial charge in [-0.15, -0.1) is 0 Å². The van der Waals surface area contributed by atoms with Crippen LogP contribution >= 0.6 is 23.2 Å². The third kappa shape index (κ3) is 3.95. The zero-order valence-corrected chi connectivity index (χ0v) is 11.0. The fraction of sp³-hybridized carbons (Fsp3) is 0.250. The number of esters is 1. The molecule has 1 rings (SSSR count). The Morgan fingerprint density at radius 2 is 2.06 bits per heavy atom. The lowest BCUT2D eigenvalue weighted by molar-refractivity contribution is -0.134. The largest absolute Gasteiger partial charge is 0.492 e. The standard InChI is InChI=1S/C12H12Cl2O3/c1-3-17-11-7-9(13)8(6-10(11)14)4-5-12(15)16-2/h4-7H,3H2,1-2H3/b5-4+. The molecule has 0 saturated carbocycles. The van der Waals surface area contributed by atoms with E-state index in [0.29, 0.717) is 28.0 Å². The molecule has 0 aromatic heterocycles. The van der Waals surface area contributed by atoms with Crippen molar-refractivity contribution in [1.29, 1.82) is 0 Å². The Bertz CT molecular complexity index is 442. The lowest BCUT2D eigenvalue weighted by Crippen LogP contribution is -1.94. The molecular weight excluding hydrogens is 263 g/mol. The summed E-state index contributed by atoms with van der Waals surface area (Å²) in [5, 5.41) is 0.902. The van der Waals surface area contributed by atoms with Gasteiger partial charge >= 0.3 is 5.97 Å². The quantitative estimate of drug-likeness (QED) is 0.622. The molecule has 0 aliphatic rings. The summed E-state index contributed by atoms with van der Waals surface area (Å²) in [6, 6.07) is 3.25. The van der Waals surface area contributed by atoms with Crippen LogP contribution in [0.2, 0.25) is 10.0 Å². The van der Waals surface area contributed by atoms with Gasteiger partial charge in [-0.25, -0.2) is 4.79 Å². The molecule has 0 aliphatic carbocycles. The van der Waals surface area contributed by atoms with E-state index >= 15 is 0 Å². The van der Waals surface area contributed by atoms with Crippen molar-refractivity contribution >= 4 is 35.2 Å². The van der Waals surface area contributed by atoms with Crippen LogP contribution in [0.3, 0.4) is 0 Å². The second-order valence-electron chi connectivity index (χ2n) is 3.09. The predicted octanol–water partition coefficient (Wildman–Crippen LogP) is 3.58. The van der Waals surface area contributed by atoms with Gasteiger partial charge in [-0.05, 0) is 24.6 Å². The van der Waals surface area contributed by atoms with Crippen molar-refractivity contribution in [1.82, 2.24) is 0 Å². The van der Waals surface area contributed by atoms with Crippen molar-refractivity contribution in [2.45, 2.75) is 6.92 Å². The molecule has 1 aromatic carbocycles. The van der Waals surface area contributed by atoms with Crippen molar-refractivity contribution in [3.63, 3.8) is 0 Å². The van der Waals surface area contributed by atoms with E-state index in [1.807, 2.05) is 6.92 Å². The molecule has 0 N–H and O–H groups in total. The fourth-order valence-electron chi connectivity index (χ4n) is 1.16. The highest BCUT2D eigenvalue weighted by atomic mass is 35.5. The fourth-order valence-corrected chi connectivity index (χ4v) is 1.61. The number of ether oxygens (including phenoxy) is 2. The van der Waals surface area contributed by atoms with Crippen LogP contribution in [0.1, 0.15) is 12.5 Å². The second-order valence-corrected chi connectivity index (χ2v) is 3.91. The Labute approximate surface area is 110 Å². The average Bonchev–Trinajstić information content (AvgIpc) is 2.31. The van der Waals surface area contributed by atoms with E-state index in [2.05, 4.69) is 4.74 Å². The van der Waals surface area contributed by atoms with Crippen LogP contribution in [0.25, 0.3) is 6.08 Å². The molecule has 92 valence electrons. The van der Waals surface area contributed by atoms with Crippen LogP contribution < -0.4 is 4.74 Å². The summed E-state index contributed by atoms with van der Waals surface area (Å²) >= 11 is 12.0. The van der Waals surface area contributed by atoms with Gasteiger partial charge in [0.1, 0.15) is 5.75 Å². The number of carbonyl (C=O) groups is 1.